The number of hydrogen-bond donors (Lipinski definition) is 1. The molecule has 0 aliphatic carbocycles. The van der Waals surface area contributed by atoms with Gasteiger partial charge in [-0.1, -0.05) is 29.4 Å². The largest absolute Gasteiger partial charge is 0.368 e. The number of anilines is 1. The molecule has 0 aliphatic heterocycles. The molecular weight excluding hydrogens is 314 g/mol. The van der Waals surface area contributed by atoms with Crippen LogP contribution in [-0.2, 0) is 5.75 Å². The molecule has 1 aromatic heterocycles. The highest BCUT2D eigenvalue weighted by Gasteiger charge is 2.19. The van der Waals surface area contributed by atoms with Crippen LogP contribution in [0.2, 0.25) is 5.02 Å². The maximum Gasteiger partial charge on any atom is 0.274 e. The summed E-state index contributed by atoms with van der Waals surface area (Å²) in [5.41, 5.74) is 6.22. The Labute approximate surface area is 130 Å². The molecule has 1 aromatic carbocycles. The van der Waals surface area contributed by atoms with Crippen LogP contribution in [0.4, 0.5) is 11.6 Å². The highest BCUT2D eigenvalue weighted by atomic mass is 35.5. The average Bonchev–Trinajstić information content (AvgIpc) is 2.78. The lowest BCUT2D eigenvalue weighted by atomic mass is 10.2. The summed E-state index contributed by atoms with van der Waals surface area (Å²) >= 11 is 7.38. The van der Waals surface area contributed by atoms with Gasteiger partial charge in [0, 0.05) is 17.9 Å². The monoisotopic (exact) mass is 327 g/mol. The fraction of sp³-hybridized carbons (Fsp3) is 0.333. The van der Waals surface area contributed by atoms with E-state index in [2.05, 4.69) is 10.2 Å². The maximum atomic E-state index is 11.0. The van der Waals surface area contributed by atoms with Gasteiger partial charge in [0.25, 0.3) is 5.69 Å². The lowest BCUT2D eigenvalue weighted by Crippen LogP contribution is -2.07. The topological polar surface area (TPSA) is 99.9 Å². The molecule has 9 heteroatoms. The summed E-state index contributed by atoms with van der Waals surface area (Å²) in [5.74, 6) is 0.641. The van der Waals surface area contributed by atoms with Crippen LogP contribution in [0.1, 0.15) is 25.5 Å². The fourth-order valence-electron chi connectivity index (χ4n) is 1.87. The van der Waals surface area contributed by atoms with E-state index in [0.29, 0.717) is 27.4 Å². The molecule has 0 saturated carbocycles. The predicted octanol–water partition coefficient (Wildman–Crippen LogP) is 3.30. The van der Waals surface area contributed by atoms with Crippen molar-refractivity contribution in [3.8, 4) is 0 Å². The lowest BCUT2D eigenvalue weighted by molar-refractivity contribution is -0.385. The number of nitro groups is 1. The smallest absolute Gasteiger partial charge is 0.274 e. The number of aromatic nitrogens is 3. The lowest BCUT2D eigenvalue weighted by Gasteiger charge is -2.11. The molecule has 0 spiro atoms. The van der Waals surface area contributed by atoms with E-state index in [4.69, 9.17) is 17.3 Å². The number of halogens is 1. The summed E-state index contributed by atoms with van der Waals surface area (Å²) in [5, 5.41) is 19.8. The van der Waals surface area contributed by atoms with E-state index >= 15 is 0 Å². The standard InChI is InChI=1S/C12H14ClN5O2S/c1-7(2)17-11(14)15-16-12(17)21-6-8-9(13)4-3-5-10(8)18(19)20/h3-5,7H,6H2,1-2H3,(H2,14,15). The van der Waals surface area contributed by atoms with Gasteiger partial charge in [-0.3, -0.25) is 14.7 Å². The first kappa shape index (κ1) is 15.6. The van der Waals surface area contributed by atoms with E-state index in [-0.39, 0.29) is 11.7 Å². The van der Waals surface area contributed by atoms with Gasteiger partial charge in [0.2, 0.25) is 5.95 Å². The van der Waals surface area contributed by atoms with Gasteiger partial charge < -0.3 is 5.73 Å². The number of benzene rings is 1. The number of nitrogen functional groups attached to an aromatic ring is 1. The van der Waals surface area contributed by atoms with Gasteiger partial charge in [-0.2, -0.15) is 0 Å². The van der Waals surface area contributed by atoms with Gasteiger partial charge in [-0.25, -0.2) is 0 Å². The van der Waals surface area contributed by atoms with Crippen LogP contribution < -0.4 is 5.73 Å². The number of nitro benzene ring substituents is 1. The Bertz CT molecular complexity index is 674. The molecule has 0 bridgehead atoms. The average molecular weight is 328 g/mol. The number of nitrogens with two attached hydrogens (primary N) is 1. The van der Waals surface area contributed by atoms with Crippen LogP contribution in [0, 0.1) is 10.1 Å². The molecule has 0 unspecified atom stereocenters. The maximum absolute atomic E-state index is 11.0. The van der Waals surface area contributed by atoms with Gasteiger partial charge in [-0.05, 0) is 19.9 Å². The molecule has 112 valence electrons. The Balaban J connectivity index is 2.27. The number of hydrogen-bond acceptors (Lipinski definition) is 6. The summed E-state index contributed by atoms with van der Waals surface area (Å²) in [6.07, 6.45) is 0. The third kappa shape index (κ3) is 3.27. The van der Waals surface area contributed by atoms with E-state index in [1.807, 2.05) is 13.8 Å². The fourth-order valence-corrected chi connectivity index (χ4v) is 3.30. The molecule has 21 heavy (non-hydrogen) atoms. The van der Waals surface area contributed by atoms with E-state index in [1.54, 1.807) is 16.7 Å². The zero-order chi connectivity index (χ0) is 15.6. The van der Waals surface area contributed by atoms with Gasteiger partial charge in [0.15, 0.2) is 5.16 Å². The zero-order valence-corrected chi connectivity index (χ0v) is 13.1. The minimum absolute atomic E-state index is 0.00131. The van der Waals surface area contributed by atoms with Gasteiger partial charge >= 0.3 is 0 Å². The second-order valence-corrected chi connectivity index (χ2v) is 5.94. The zero-order valence-electron chi connectivity index (χ0n) is 11.5. The molecule has 7 nitrogen and oxygen atoms in total. The van der Waals surface area contributed by atoms with Crippen molar-refractivity contribution < 1.29 is 4.92 Å². The van der Waals surface area contributed by atoms with Crippen LogP contribution in [0.3, 0.4) is 0 Å². The predicted molar refractivity (Wildman–Crippen MR) is 82.5 cm³/mol. The van der Waals surface area contributed by atoms with Crippen molar-refractivity contribution in [2.75, 3.05) is 5.73 Å². The summed E-state index contributed by atoms with van der Waals surface area (Å²) < 4.78 is 1.77. The van der Waals surface area contributed by atoms with Crippen molar-refractivity contribution in [3.63, 3.8) is 0 Å². The first-order valence-electron chi connectivity index (χ1n) is 6.16. The molecule has 0 saturated heterocycles. The van der Waals surface area contributed by atoms with Crippen molar-refractivity contribution in [2.24, 2.45) is 0 Å². The van der Waals surface area contributed by atoms with Crippen molar-refractivity contribution in [3.05, 3.63) is 38.9 Å². The minimum atomic E-state index is -0.441. The van der Waals surface area contributed by atoms with E-state index < -0.39 is 4.92 Å². The van der Waals surface area contributed by atoms with E-state index in [1.165, 1.54) is 17.8 Å². The SMILES string of the molecule is CC(C)n1c(N)nnc1SCc1c(Cl)cccc1[N+](=O)[O-]. The molecule has 0 aliphatic rings. The quantitative estimate of drug-likeness (QED) is 0.514. The van der Waals surface area contributed by atoms with Gasteiger partial charge in [0.05, 0.1) is 15.5 Å². The summed E-state index contributed by atoms with van der Waals surface area (Å²) in [4.78, 5) is 10.6. The molecule has 0 fully saturated rings. The Morgan fingerprint density at radius 1 is 1.48 bits per heavy atom. The molecular formula is C12H14ClN5O2S. The number of rotatable bonds is 5. The Kier molecular flexibility index (Phi) is 4.69. The summed E-state index contributed by atoms with van der Waals surface area (Å²) in [6.45, 7) is 3.92. The minimum Gasteiger partial charge on any atom is -0.368 e. The molecule has 0 atom stereocenters. The van der Waals surface area contributed by atoms with Gasteiger partial charge in [-0.15, -0.1) is 10.2 Å². The van der Waals surface area contributed by atoms with Crippen LogP contribution >= 0.6 is 23.4 Å². The van der Waals surface area contributed by atoms with Crippen LogP contribution in [0.5, 0.6) is 0 Å². The third-order valence-electron chi connectivity index (χ3n) is 2.84. The highest BCUT2D eigenvalue weighted by Crippen LogP contribution is 2.33. The first-order valence-corrected chi connectivity index (χ1v) is 7.53. The Morgan fingerprint density at radius 3 is 2.81 bits per heavy atom. The van der Waals surface area contributed by atoms with Crippen molar-refractivity contribution in [1.29, 1.82) is 0 Å². The molecule has 2 aromatic rings. The number of nitrogens with zero attached hydrogens (tertiary/aromatic N) is 4. The van der Waals surface area contributed by atoms with E-state index in [0.717, 1.165) is 0 Å². The van der Waals surface area contributed by atoms with Gasteiger partial charge in [0.1, 0.15) is 0 Å². The normalized spacial score (nSPS) is 11.0. The van der Waals surface area contributed by atoms with Crippen molar-refractivity contribution in [1.82, 2.24) is 14.8 Å². The summed E-state index contributed by atoms with van der Waals surface area (Å²) in [6, 6.07) is 4.72. The van der Waals surface area contributed by atoms with E-state index in [9.17, 15) is 10.1 Å². The Morgan fingerprint density at radius 2 is 2.19 bits per heavy atom. The Hall–Kier alpha value is -1.80. The third-order valence-corrected chi connectivity index (χ3v) is 4.17. The number of thioether (sulfide) groups is 1. The van der Waals surface area contributed by atoms with Crippen LogP contribution in [-0.4, -0.2) is 19.7 Å². The molecule has 2 N–H and O–H groups in total. The van der Waals surface area contributed by atoms with Crippen molar-refractivity contribution >= 4 is 35.0 Å². The van der Waals surface area contributed by atoms with Crippen molar-refractivity contribution in [2.45, 2.75) is 30.8 Å². The highest BCUT2D eigenvalue weighted by molar-refractivity contribution is 7.98. The second kappa shape index (κ2) is 6.31. The molecule has 1 heterocycles. The van der Waals surface area contributed by atoms with Crippen LogP contribution in [0.15, 0.2) is 23.4 Å². The van der Waals surface area contributed by atoms with Crippen LogP contribution in [0.25, 0.3) is 0 Å². The second-order valence-electron chi connectivity index (χ2n) is 4.59. The molecule has 2 rings (SSSR count). The molecule has 0 radical (unpaired) electrons. The summed E-state index contributed by atoms with van der Waals surface area (Å²) in [7, 11) is 0. The molecule has 0 amide bonds. The first-order chi connectivity index (χ1) is 9.91.